The maximum Gasteiger partial charge on any atom is 0.345 e. The third-order valence-electron chi connectivity index (χ3n) is 2.46. The summed E-state index contributed by atoms with van der Waals surface area (Å²) in [4.78, 5) is 34.3. The first-order chi connectivity index (χ1) is 9.08. The molecule has 0 saturated carbocycles. The first-order valence-electron chi connectivity index (χ1n) is 6.02. The molecule has 1 aromatic carbocycles. The summed E-state index contributed by atoms with van der Waals surface area (Å²) in [5.74, 6) is -1.87. The van der Waals surface area contributed by atoms with Gasteiger partial charge in [-0.15, -0.1) is 0 Å². The van der Waals surface area contributed by atoms with Gasteiger partial charge in [-0.1, -0.05) is 19.4 Å². The van der Waals surface area contributed by atoms with Crippen LogP contribution in [0.3, 0.4) is 0 Å². The van der Waals surface area contributed by atoms with Crippen molar-refractivity contribution in [3.8, 4) is 0 Å². The molecule has 0 saturated heterocycles. The summed E-state index contributed by atoms with van der Waals surface area (Å²) in [5.41, 5.74) is 0.380. The fraction of sp³-hybridized carbons (Fsp3) is 0.357. The predicted molar refractivity (Wildman–Crippen MR) is 67.7 cm³/mol. The molecule has 0 unspecified atom stereocenters. The Labute approximate surface area is 111 Å². The van der Waals surface area contributed by atoms with Gasteiger partial charge in [-0.25, -0.2) is 9.59 Å². The molecule has 0 bridgehead atoms. The van der Waals surface area contributed by atoms with Crippen LogP contribution in [0.5, 0.6) is 0 Å². The van der Waals surface area contributed by atoms with Gasteiger partial charge in [-0.2, -0.15) is 0 Å². The van der Waals surface area contributed by atoms with Crippen molar-refractivity contribution in [1.29, 1.82) is 0 Å². The minimum atomic E-state index is -0.758. The molecule has 0 fully saturated rings. The van der Waals surface area contributed by atoms with Gasteiger partial charge in [-0.3, -0.25) is 4.79 Å². The molecule has 1 aromatic rings. The van der Waals surface area contributed by atoms with Crippen molar-refractivity contribution in [2.75, 3.05) is 7.11 Å². The molecule has 19 heavy (non-hydrogen) atoms. The largest absolute Gasteiger partial charge is 0.465 e. The van der Waals surface area contributed by atoms with Crippen LogP contribution >= 0.6 is 0 Å². The Bertz CT molecular complexity index is 478. The van der Waals surface area contributed by atoms with E-state index in [1.807, 2.05) is 6.92 Å². The minimum absolute atomic E-state index is 0.146. The summed E-state index contributed by atoms with van der Waals surface area (Å²) in [6.45, 7) is 1.94. The standard InChI is InChI=1S/C14H16O5/c1-3-4-8-12(15)19-14(17)11-7-5-6-10(9-11)13(16)18-2/h5-7,9H,3-4,8H2,1-2H3. The topological polar surface area (TPSA) is 69.7 Å². The summed E-state index contributed by atoms with van der Waals surface area (Å²) in [5, 5.41) is 0. The van der Waals surface area contributed by atoms with Gasteiger partial charge in [0.25, 0.3) is 0 Å². The Balaban J connectivity index is 2.72. The average molecular weight is 264 g/mol. The highest BCUT2D eigenvalue weighted by Gasteiger charge is 2.14. The first-order valence-corrected chi connectivity index (χ1v) is 6.02. The molecule has 0 heterocycles. The molecule has 102 valence electrons. The number of benzene rings is 1. The summed E-state index contributed by atoms with van der Waals surface area (Å²) in [6, 6.07) is 5.85. The van der Waals surface area contributed by atoms with Gasteiger partial charge in [0.15, 0.2) is 0 Å². The van der Waals surface area contributed by atoms with E-state index in [-0.39, 0.29) is 17.5 Å². The van der Waals surface area contributed by atoms with Crippen LogP contribution in [0.2, 0.25) is 0 Å². The lowest BCUT2D eigenvalue weighted by molar-refractivity contribution is -0.138. The monoisotopic (exact) mass is 264 g/mol. The molecule has 5 nitrogen and oxygen atoms in total. The van der Waals surface area contributed by atoms with Crippen molar-refractivity contribution in [3.63, 3.8) is 0 Å². The molecule has 0 spiro atoms. The molecule has 5 heteroatoms. The minimum Gasteiger partial charge on any atom is -0.465 e. The van der Waals surface area contributed by atoms with E-state index in [9.17, 15) is 14.4 Å². The lowest BCUT2D eigenvalue weighted by Gasteiger charge is -2.04. The van der Waals surface area contributed by atoms with Crippen LogP contribution in [0.4, 0.5) is 0 Å². The van der Waals surface area contributed by atoms with E-state index in [1.165, 1.54) is 31.4 Å². The molecule has 0 aliphatic rings. The number of rotatable bonds is 5. The van der Waals surface area contributed by atoms with Crippen molar-refractivity contribution in [2.45, 2.75) is 26.2 Å². The van der Waals surface area contributed by atoms with Gasteiger partial charge >= 0.3 is 17.9 Å². The maximum absolute atomic E-state index is 11.7. The second kappa shape index (κ2) is 7.31. The van der Waals surface area contributed by atoms with Crippen molar-refractivity contribution in [1.82, 2.24) is 0 Å². The summed E-state index contributed by atoms with van der Waals surface area (Å²) in [6.07, 6.45) is 1.73. The summed E-state index contributed by atoms with van der Waals surface area (Å²) in [7, 11) is 1.25. The zero-order valence-electron chi connectivity index (χ0n) is 11.0. The highest BCUT2D eigenvalue weighted by Crippen LogP contribution is 2.09. The van der Waals surface area contributed by atoms with Crippen LogP contribution in [0.1, 0.15) is 46.9 Å². The van der Waals surface area contributed by atoms with Gasteiger partial charge in [0, 0.05) is 6.42 Å². The molecule has 0 atom stereocenters. The Morgan fingerprint density at radius 2 is 1.74 bits per heavy atom. The molecule has 0 radical (unpaired) electrons. The van der Waals surface area contributed by atoms with Crippen LogP contribution in [-0.2, 0) is 14.3 Å². The van der Waals surface area contributed by atoms with Gasteiger partial charge < -0.3 is 9.47 Å². The Hall–Kier alpha value is -2.17. The number of unbranched alkanes of at least 4 members (excludes halogenated alkanes) is 1. The van der Waals surface area contributed by atoms with Crippen LogP contribution in [0.25, 0.3) is 0 Å². The predicted octanol–water partition coefficient (Wildman–Crippen LogP) is 2.35. The number of hydrogen-bond donors (Lipinski definition) is 0. The van der Waals surface area contributed by atoms with Gasteiger partial charge in [0.1, 0.15) is 0 Å². The van der Waals surface area contributed by atoms with Crippen molar-refractivity contribution in [2.24, 2.45) is 0 Å². The van der Waals surface area contributed by atoms with E-state index in [1.54, 1.807) is 0 Å². The van der Waals surface area contributed by atoms with Crippen LogP contribution in [0.15, 0.2) is 24.3 Å². The molecule has 0 aromatic heterocycles. The van der Waals surface area contributed by atoms with E-state index in [0.29, 0.717) is 6.42 Å². The molecule has 0 aliphatic heterocycles. The number of carbonyl (C=O) groups excluding carboxylic acids is 3. The molecular formula is C14H16O5. The van der Waals surface area contributed by atoms with E-state index in [4.69, 9.17) is 0 Å². The van der Waals surface area contributed by atoms with Gasteiger partial charge in [-0.05, 0) is 24.6 Å². The van der Waals surface area contributed by atoms with Crippen molar-refractivity contribution >= 4 is 17.9 Å². The molecular weight excluding hydrogens is 248 g/mol. The first kappa shape index (κ1) is 14.9. The Morgan fingerprint density at radius 1 is 1.11 bits per heavy atom. The number of methoxy groups -OCH3 is 1. The van der Waals surface area contributed by atoms with Gasteiger partial charge in [0.05, 0.1) is 18.2 Å². The summed E-state index contributed by atoms with van der Waals surface area (Å²) >= 11 is 0. The number of esters is 3. The van der Waals surface area contributed by atoms with E-state index in [2.05, 4.69) is 9.47 Å². The number of ether oxygens (including phenoxy) is 2. The second-order valence-electron chi connectivity index (χ2n) is 3.94. The highest BCUT2D eigenvalue weighted by molar-refractivity contribution is 5.99. The van der Waals surface area contributed by atoms with Crippen LogP contribution in [-0.4, -0.2) is 25.0 Å². The smallest absolute Gasteiger partial charge is 0.345 e. The molecule has 0 aliphatic carbocycles. The second-order valence-corrected chi connectivity index (χ2v) is 3.94. The van der Waals surface area contributed by atoms with E-state index < -0.39 is 17.9 Å². The molecule has 0 N–H and O–H groups in total. The zero-order valence-corrected chi connectivity index (χ0v) is 11.0. The van der Waals surface area contributed by atoms with E-state index in [0.717, 1.165) is 6.42 Å². The van der Waals surface area contributed by atoms with Crippen molar-refractivity contribution < 1.29 is 23.9 Å². The normalized spacial score (nSPS) is 9.79. The average Bonchev–Trinajstić information content (AvgIpc) is 2.44. The third kappa shape index (κ3) is 4.54. The SMILES string of the molecule is CCCCC(=O)OC(=O)c1cccc(C(=O)OC)c1. The number of hydrogen-bond acceptors (Lipinski definition) is 5. The van der Waals surface area contributed by atoms with Gasteiger partial charge in [0.2, 0.25) is 0 Å². The quantitative estimate of drug-likeness (QED) is 0.603. The fourth-order valence-corrected chi connectivity index (χ4v) is 1.43. The Morgan fingerprint density at radius 3 is 2.32 bits per heavy atom. The summed E-state index contributed by atoms with van der Waals surface area (Å²) < 4.78 is 9.22. The van der Waals surface area contributed by atoms with Crippen LogP contribution < -0.4 is 0 Å². The number of carbonyl (C=O) groups is 3. The maximum atomic E-state index is 11.7. The Kier molecular flexibility index (Phi) is 5.73. The third-order valence-corrected chi connectivity index (χ3v) is 2.46. The van der Waals surface area contributed by atoms with E-state index >= 15 is 0 Å². The fourth-order valence-electron chi connectivity index (χ4n) is 1.43. The van der Waals surface area contributed by atoms with Crippen LogP contribution in [0, 0.1) is 0 Å². The van der Waals surface area contributed by atoms with Crippen molar-refractivity contribution in [3.05, 3.63) is 35.4 Å². The molecule has 1 rings (SSSR count). The lowest BCUT2D eigenvalue weighted by atomic mass is 10.1. The molecule has 0 amide bonds. The highest BCUT2D eigenvalue weighted by atomic mass is 16.6. The lowest BCUT2D eigenvalue weighted by Crippen LogP contribution is -2.13. The zero-order chi connectivity index (χ0) is 14.3.